The lowest BCUT2D eigenvalue weighted by Gasteiger charge is -2.31. The number of para-hydroxylation sites is 1. The Morgan fingerprint density at radius 3 is 2.66 bits per heavy atom. The number of fused-ring (bicyclic) bond motifs is 1. The van der Waals surface area contributed by atoms with Gasteiger partial charge in [-0.2, -0.15) is 5.10 Å². The first kappa shape index (κ1) is 19.6. The number of hydrazone groups is 1. The molecule has 1 aliphatic rings. The zero-order chi connectivity index (χ0) is 20.1. The second-order valence-electron chi connectivity index (χ2n) is 7.23. The Bertz CT molecular complexity index is 930. The average molecular weight is 411 g/mol. The van der Waals surface area contributed by atoms with E-state index in [0.717, 1.165) is 54.9 Å². The summed E-state index contributed by atoms with van der Waals surface area (Å²) in [6.45, 7) is 3.10. The molecule has 0 bridgehead atoms. The second-order valence-corrected chi connectivity index (χ2v) is 8.22. The fourth-order valence-corrected chi connectivity index (χ4v) is 4.46. The van der Waals surface area contributed by atoms with Crippen molar-refractivity contribution >= 4 is 27.4 Å². The molecule has 2 heterocycles. The molecule has 0 amide bonds. The third-order valence-electron chi connectivity index (χ3n) is 5.32. The molecule has 4 rings (SSSR count). The van der Waals surface area contributed by atoms with Gasteiger partial charge in [0.1, 0.15) is 11.6 Å². The van der Waals surface area contributed by atoms with Gasteiger partial charge in [-0.05, 0) is 62.2 Å². The highest BCUT2D eigenvalue weighted by atomic mass is 32.1. The molecule has 0 saturated carbocycles. The zero-order valence-electron chi connectivity index (χ0n) is 16.3. The van der Waals surface area contributed by atoms with Gasteiger partial charge in [0.25, 0.3) is 5.19 Å². The van der Waals surface area contributed by atoms with Crippen LogP contribution in [0.25, 0.3) is 10.2 Å². The SMILES string of the molecule is NN/N=C(\N)C1CCN(CCc2ccc(Oc3nc4ccccc4s3)cc2)CC1. The van der Waals surface area contributed by atoms with Gasteiger partial charge in [-0.25, -0.2) is 16.4 Å². The molecular weight excluding hydrogens is 384 g/mol. The third-order valence-corrected chi connectivity index (χ3v) is 6.23. The predicted octanol–water partition coefficient (Wildman–Crippen LogP) is 3.08. The number of piperidine rings is 1. The summed E-state index contributed by atoms with van der Waals surface area (Å²) in [5.74, 6) is 6.95. The maximum atomic E-state index is 5.93. The van der Waals surface area contributed by atoms with Crippen molar-refractivity contribution in [3.63, 3.8) is 0 Å². The first-order valence-electron chi connectivity index (χ1n) is 9.84. The summed E-state index contributed by atoms with van der Waals surface area (Å²) in [6.07, 6.45) is 3.05. The summed E-state index contributed by atoms with van der Waals surface area (Å²) in [5.41, 5.74) is 10.5. The zero-order valence-corrected chi connectivity index (χ0v) is 17.1. The molecule has 1 saturated heterocycles. The molecule has 2 aromatic carbocycles. The van der Waals surface area contributed by atoms with Crippen LogP contribution in [-0.2, 0) is 6.42 Å². The molecule has 7 nitrogen and oxygen atoms in total. The summed E-state index contributed by atoms with van der Waals surface area (Å²) >= 11 is 1.56. The summed E-state index contributed by atoms with van der Waals surface area (Å²) in [4.78, 5) is 7.00. The van der Waals surface area contributed by atoms with Crippen LogP contribution in [0, 0.1) is 5.92 Å². The minimum Gasteiger partial charge on any atom is -0.431 e. The Morgan fingerprint density at radius 2 is 1.93 bits per heavy atom. The number of hydrogen-bond donors (Lipinski definition) is 3. The molecule has 29 heavy (non-hydrogen) atoms. The van der Waals surface area contributed by atoms with E-state index in [4.69, 9.17) is 16.3 Å². The number of aromatic nitrogens is 1. The van der Waals surface area contributed by atoms with E-state index in [1.54, 1.807) is 11.3 Å². The van der Waals surface area contributed by atoms with Gasteiger partial charge >= 0.3 is 0 Å². The predicted molar refractivity (Wildman–Crippen MR) is 118 cm³/mol. The van der Waals surface area contributed by atoms with E-state index in [-0.39, 0.29) is 0 Å². The van der Waals surface area contributed by atoms with Crippen molar-refractivity contribution in [3.05, 3.63) is 54.1 Å². The van der Waals surface area contributed by atoms with Crippen LogP contribution in [-0.4, -0.2) is 35.4 Å². The Balaban J connectivity index is 1.26. The lowest BCUT2D eigenvalue weighted by atomic mass is 9.95. The minimum atomic E-state index is 0.321. The van der Waals surface area contributed by atoms with Crippen LogP contribution in [0.15, 0.2) is 53.6 Å². The topological polar surface area (TPSA) is 102 Å². The van der Waals surface area contributed by atoms with Gasteiger partial charge < -0.3 is 15.4 Å². The van der Waals surface area contributed by atoms with Gasteiger partial charge in [-0.15, -0.1) is 0 Å². The minimum absolute atomic E-state index is 0.321. The molecule has 8 heteroatoms. The number of amidine groups is 1. The van der Waals surface area contributed by atoms with Crippen LogP contribution in [0.2, 0.25) is 0 Å². The lowest BCUT2D eigenvalue weighted by molar-refractivity contribution is 0.211. The van der Waals surface area contributed by atoms with Crippen LogP contribution < -0.4 is 21.8 Å². The number of nitrogens with zero attached hydrogens (tertiary/aromatic N) is 3. The largest absolute Gasteiger partial charge is 0.431 e. The number of hydrogen-bond acceptors (Lipinski definition) is 7. The molecule has 0 unspecified atom stereocenters. The van der Waals surface area contributed by atoms with Crippen LogP contribution in [0.1, 0.15) is 18.4 Å². The Labute approximate surface area is 174 Å². The van der Waals surface area contributed by atoms with E-state index in [0.29, 0.717) is 16.9 Å². The number of rotatable bonds is 7. The van der Waals surface area contributed by atoms with Crippen molar-refractivity contribution in [3.8, 4) is 10.9 Å². The van der Waals surface area contributed by atoms with Crippen LogP contribution in [0.4, 0.5) is 0 Å². The molecule has 5 N–H and O–H groups in total. The smallest absolute Gasteiger partial charge is 0.279 e. The molecule has 1 fully saturated rings. The Kier molecular flexibility index (Phi) is 6.24. The van der Waals surface area contributed by atoms with Crippen LogP contribution >= 0.6 is 11.3 Å². The summed E-state index contributed by atoms with van der Waals surface area (Å²) in [6, 6.07) is 16.4. The van der Waals surface area contributed by atoms with Gasteiger partial charge in [-0.3, -0.25) is 0 Å². The molecule has 0 spiro atoms. The number of nitrogens with one attached hydrogen (secondary N) is 1. The monoisotopic (exact) mass is 410 g/mol. The molecular formula is C21H26N6OS. The molecule has 3 aromatic rings. The van der Waals surface area contributed by atoms with E-state index in [1.807, 2.05) is 30.3 Å². The van der Waals surface area contributed by atoms with E-state index in [2.05, 4.69) is 38.7 Å². The van der Waals surface area contributed by atoms with Gasteiger partial charge in [0.15, 0.2) is 0 Å². The quantitative estimate of drug-likeness (QED) is 0.239. The highest BCUT2D eigenvalue weighted by Gasteiger charge is 2.21. The molecule has 0 radical (unpaired) electrons. The Hall–Kier alpha value is -2.68. The lowest BCUT2D eigenvalue weighted by Crippen LogP contribution is -2.40. The summed E-state index contributed by atoms with van der Waals surface area (Å²) in [5, 5.41) is 4.58. The van der Waals surface area contributed by atoms with E-state index in [9.17, 15) is 0 Å². The second kappa shape index (κ2) is 9.21. The number of ether oxygens (including phenoxy) is 1. The van der Waals surface area contributed by atoms with Gasteiger partial charge in [0.2, 0.25) is 0 Å². The van der Waals surface area contributed by atoms with Crippen molar-refractivity contribution in [2.24, 2.45) is 22.6 Å². The molecule has 1 aliphatic heterocycles. The average Bonchev–Trinajstić information content (AvgIpc) is 3.16. The molecule has 0 atom stereocenters. The number of nitrogens with two attached hydrogens (primary N) is 2. The number of benzene rings is 2. The summed E-state index contributed by atoms with van der Waals surface area (Å²) in [7, 11) is 0. The fourth-order valence-electron chi connectivity index (χ4n) is 3.63. The fraction of sp³-hybridized carbons (Fsp3) is 0.333. The van der Waals surface area contributed by atoms with Crippen molar-refractivity contribution < 1.29 is 4.74 Å². The van der Waals surface area contributed by atoms with Crippen LogP contribution in [0.5, 0.6) is 10.9 Å². The van der Waals surface area contributed by atoms with Crippen molar-refractivity contribution in [1.82, 2.24) is 15.4 Å². The Morgan fingerprint density at radius 1 is 1.17 bits per heavy atom. The normalized spacial score (nSPS) is 16.2. The summed E-state index contributed by atoms with van der Waals surface area (Å²) < 4.78 is 7.06. The first-order valence-corrected chi connectivity index (χ1v) is 10.7. The maximum absolute atomic E-state index is 5.93. The van der Waals surface area contributed by atoms with E-state index < -0.39 is 0 Å². The van der Waals surface area contributed by atoms with Crippen molar-refractivity contribution in [2.75, 3.05) is 19.6 Å². The first-order chi connectivity index (χ1) is 14.2. The number of hydrazine groups is 1. The van der Waals surface area contributed by atoms with Crippen molar-refractivity contribution in [2.45, 2.75) is 19.3 Å². The molecule has 0 aliphatic carbocycles. The molecule has 1 aromatic heterocycles. The third kappa shape index (κ3) is 5.03. The number of thiazole rings is 1. The maximum Gasteiger partial charge on any atom is 0.279 e. The van der Waals surface area contributed by atoms with Gasteiger partial charge in [0.05, 0.1) is 10.2 Å². The van der Waals surface area contributed by atoms with Gasteiger partial charge in [-0.1, -0.05) is 35.6 Å². The highest BCUT2D eigenvalue weighted by molar-refractivity contribution is 7.20. The number of likely N-dealkylation sites (tertiary alicyclic amines) is 1. The van der Waals surface area contributed by atoms with Crippen molar-refractivity contribution in [1.29, 1.82) is 0 Å². The standard InChI is InChI=1S/C21H26N6OS/c22-20(25-26-23)16-10-13-27(14-11-16)12-9-15-5-7-17(8-6-15)28-21-24-18-3-1-2-4-19(18)29-21/h1-8,16,26H,9-14,23H2,(H2,22,25). The van der Waals surface area contributed by atoms with Crippen LogP contribution in [0.3, 0.4) is 0 Å². The highest BCUT2D eigenvalue weighted by Crippen LogP contribution is 2.31. The van der Waals surface area contributed by atoms with E-state index in [1.165, 1.54) is 5.56 Å². The van der Waals surface area contributed by atoms with E-state index >= 15 is 0 Å². The molecule has 152 valence electrons. The van der Waals surface area contributed by atoms with Gasteiger partial charge in [0, 0.05) is 12.5 Å².